The van der Waals surface area contributed by atoms with Crippen molar-refractivity contribution in [2.24, 2.45) is 5.92 Å². The highest BCUT2D eigenvalue weighted by molar-refractivity contribution is 5.84. The van der Waals surface area contributed by atoms with Gasteiger partial charge in [0.05, 0.1) is 12.6 Å². The fraction of sp³-hybridized carbons (Fsp3) is 0.462. The Hall–Kier alpha value is -1.71. The third kappa shape index (κ3) is 1.47. The first-order valence-electron chi connectivity index (χ1n) is 6.06. The van der Waals surface area contributed by atoms with E-state index < -0.39 is 0 Å². The van der Waals surface area contributed by atoms with Gasteiger partial charge in [-0.2, -0.15) is 0 Å². The van der Waals surface area contributed by atoms with E-state index >= 15 is 0 Å². The van der Waals surface area contributed by atoms with Crippen LogP contribution in [0, 0.1) is 5.92 Å². The average Bonchev–Trinajstić information content (AvgIpc) is 3.03. The van der Waals surface area contributed by atoms with Crippen molar-refractivity contribution >= 4 is 17.0 Å². The molecule has 0 aliphatic heterocycles. The van der Waals surface area contributed by atoms with E-state index in [1.807, 2.05) is 12.1 Å². The van der Waals surface area contributed by atoms with E-state index in [4.69, 9.17) is 10.5 Å². The largest absolute Gasteiger partial charge is 0.494 e. The summed E-state index contributed by atoms with van der Waals surface area (Å²) in [4.78, 5) is 4.43. The van der Waals surface area contributed by atoms with Gasteiger partial charge in [-0.1, -0.05) is 19.4 Å². The van der Waals surface area contributed by atoms with Crippen molar-refractivity contribution in [3.05, 3.63) is 18.2 Å². The number of benzene rings is 1. The van der Waals surface area contributed by atoms with Gasteiger partial charge in [0.1, 0.15) is 11.3 Å². The number of imidazole rings is 1. The SMILES string of the molecule is CCC1CC1n1c(N)nc2c(OC)cccc21. The summed E-state index contributed by atoms with van der Waals surface area (Å²) in [5.41, 5.74) is 7.99. The van der Waals surface area contributed by atoms with Crippen LogP contribution in [0.5, 0.6) is 5.75 Å². The number of nitrogen functional groups attached to an aromatic ring is 1. The van der Waals surface area contributed by atoms with E-state index in [0.29, 0.717) is 12.0 Å². The number of methoxy groups -OCH3 is 1. The van der Waals surface area contributed by atoms with Crippen molar-refractivity contribution in [3.63, 3.8) is 0 Å². The van der Waals surface area contributed by atoms with E-state index in [1.165, 1.54) is 12.8 Å². The lowest BCUT2D eigenvalue weighted by Gasteiger charge is -2.05. The maximum absolute atomic E-state index is 6.03. The molecule has 2 N–H and O–H groups in total. The minimum absolute atomic E-state index is 0.525. The Labute approximate surface area is 100 Å². The molecular weight excluding hydrogens is 214 g/mol. The number of hydrogen-bond acceptors (Lipinski definition) is 3. The summed E-state index contributed by atoms with van der Waals surface area (Å²) in [5.74, 6) is 2.15. The lowest BCUT2D eigenvalue weighted by atomic mass is 10.3. The summed E-state index contributed by atoms with van der Waals surface area (Å²) in [6.45, 7) is 2.22. The maximum Gasteiger partial charge on any atom is 0.201 e. The summed E-state index contributed by atoms with van der Waals surface area (Å²) in [7, 11) is 1.66. The number of anilines is 1. The van der Waals surface area contributed by atoms with E-state index in [1.54, 1.807) is 7.11 Å². The molecule has 0 saturated heterocycles. The van der Waals surface area contributed by atoms with E-state index in [9.17, 15) is 0 Å². The van der Waals surface area contributed by atoms with Gasteiger partial charge in [-0.15, -0.1) is 0 Å². The van der Waals surface area contributed by atoms with Gasteiger partial charge in [0.15, 0.2) is 0 Å². The number of aromatic nitrogens is 2. The number of rotatable bonds is 3. The highest BCUT2D eigenvalue weighted by Gasteiger charge is 2.39. The van der Waals surface area contributed by atoms with Crippen molar-refractivity contribution < 1.29 is 4.74 Å². The smallest absolute Gasteiger partial charge is 0.201 e. The molecule has 0 spiro atoms. The van der Waals surface area contributed by atoms with Crippen LogP contribution in [0.1, 0.15) is 25.8 Å². The fourth-order valence-corrected chi connectivity index (χ4v) is 2.61. The van der Waals surface area contributed by atoms with Crippen LogP contribution in [0.3, 0.4) is 0 Å². The zero-order valence-electron chi connectivity index (χ0n) is 10.2. The topological polar surface area (TPSA) is 53.1 Å². The Morgan fingerprint density at radius 2 is 2.35 bits per heavy atom. The van der Waals surface area contributed by atoms with Gasteiger partial charge >= 0.3 is 0 Å². The number of hydrogen-bond donors (Lipinski definition) is 1. The van der Waals surface area contributed by atoms with E-state index in [2.05, 4.69) is 22.5 Å². The van der Waals surface area contributed by atoms with Gasteiger partial charge < -0.3 is 15.0 Å². The molecule has 17 heavy (non-hydrogen) atoms. The van der Waals surface area contributed by atoms with Crippen LogP contribution < -0.4 is 10.5 Å². The third-order valence-corrected chi connectivity index (χ3v) is 3.67. The molecule has 1 aromatic heterocycles. The Kier molecular flexibility index (Phi) is 2.24. The van der Waals surface area contributed by atoms with Crippen molar-refractivity contribution in [2.45, 2.75) is 25.8 Å². The van der Waals surface area contributed by atoms with Gasteiger partial charge in [0.2, 0.25) is 5.95 Å². The van der Waals surface area contributed by atoms with Gasteiger partial charge in [-0.25, -0.2) is 4.98 Å². The van der Waals surface area contributed by atoms with Crippen LogP contribution in [0.2, 0.25) is 0 Å². The molecule has 4 heteroatoms. The highest BCUT2D eigenvalue weighted by atomic mass is 16.5. The van der Waals surface area contributed by atoms with Crippen LogP contribution in [-0.2, 0) is 0 Å². The van der Waals surface area contributed by atoms with Crippen molar-refractivity contribution in [3.8, 4) is 5.75 Å². The molecule has 3 rings (SSSR count). The molecule has 90 valence electrons. The van der Waals surface area contributed by atoms with Crippen molar-refractivity contribution in [1.29, 1.82) is 0 Å². The second-order valence-electron chi connectivity index (χ2n) is 4.64. The van der Waals surface area contributed by atoms with Crippen LogP contribution in [0.15, 0.2) is 18.2 Å². The number of nitrogens with zero attached hydrogens (tertiary/aromatic N) is 2. The Morgan fingerprint density at radius 1 is 1.53 bits per heavy atom. The van der Waals surface area contributed by atoms with Gasteiger partial charge in [0.25, 0.3) is 0 Å². The minimum Gasteiger partial charge on any atom is -0.494 e. The second-order valence-corrected chi connectivity index (χ2v) is 4.64. The zero-order chi connectivity index (χ0) is 12.0. The van der Waals surface area contributed by atoms with E-state index in [0.717, 1.165) is 22.7 Å². The van der Waals surface area contributed by atoms with Gasteiger partial charge in [0, 0.05) is 6.04 Å². The Bertz CT molecular complexity index is 561. The van der Waals surface area contributed by atoms with E-state index in [-0.39, 0.29) is 0 Å². The predicted octanol–water partition coefficient (Wildman–Crippen LogP) is 2.60. The molecule has 1 aromatic carbocycles. The molecule has 0 amide bonds. The average molecular weight is 231 g/mol. The summed E-state index contributed by atoms with van der Waals surface area (Å²) in [6, 6.07) is 6.50. The quantitative estimate of drug-likeness (QED) is 0.883. The Morgan fingerprint density at radius 3 is 3.00 bits per heavy atom. The summed E-state index contributed by atoms with van der Waals surface area (Å²) in [6.07, 6.45) is 2.41. The first-order chi connectivity index (χ1) is 8.26. The van der Waals surface area contributed by atoms with Crippen molar-refractivity contribution in [1.82, 2.24) is 9.55 Å². The molecule has 0 radical (unpaired) electrons. The lowest BCUT2D eigenvalue weighted by Crippen LogP contribution is -2.02. The third-order valence-electron chi connectivity index (χ3n) is 3.67. The first kappa shape index (κ1) is 10.4. The molecule has 2 unspecified atom stereocenters. The monoisotopic (exact) mass is 231 g/mol. The Balaban J connectivity index is 2.15. The number of fused-ring (bicyclic) bond motifs is 1. The molecule has 2 aromatic rings. The molecule has 4 nitrogen and oxygen atoms in total. The number of ether oxygens (including phenoxy) is 1. The van der Waals surface area contributed by atoms with Crippen LogP contribution in [0.25, 0.3) is 11.0 Å². The molecule has 1 heterocycles. The summed E-state index contributed by atoms with van der Waals surface area (Å²) in [5, 5.41) is 0. The number of nitrogens with two attached hydrogens (primary N) is 1. The van der Waals surface area contributed by atoms with Crippen LogP contribution in [-0.4, -0.2) is 16.7 Å². The lowest BCUT2D eigenvalue weighted by molar-refractivity contribution is 0.419. The molecule has 0 bridgehead atoms. The number of para-hydroxylation sites is 1. The van der Waals surface area contributed by atoms with Crippen molar-refractivity contribution in [2.75, 3.05) is 12.8 Å². The fourth-order valence-electron chi connectivity index (χ4n) is 2.61. The van der Waals surface area contributed by atoms with Crippen LogP contribution in [0.4, 0.5) is 5.95 Å². The zero-order valence-corrected chi connectivity index (χ0v) is 10.2. The molecular formula is C13H17N3O. The minimum atomic E-state index is 0.525. The maximum atomic E-state index is 6.03. The molecule has 2 atom stereocenters. The molecule has 1 aliphatic rings. The van der Waals surface area contributed by atoms with Gasteiger partial charge in [-0.3, -0.25) is 0 Å². The van der Waals surface area contributed by atoms with Gasteiger partial charge in [-0.05, 0) is 24.5 Å². The molecule has 1 fully saturated rings. The standard InChI is InChI=1S/C13H17N3O/c1-3-8-7-10(8)16-9-5-4-6-11(17-2)12(9)15-13(16)14/h4-6,8,10H,3,7H2,1-2H3,(H2,14,15). The first-order valence-corrected chi connectivity index (χ1v) is 6.06. The molecule has 1 aliphatic carbocycles. The summed E-state index contributed by atoms with van der Waals surface area (Å²) < 4.78 is 7.48. The predicted molar refractivity (Wildman–Crippen MR) is 68.1 cm³/mol. The highest BCUT2D eigenvalue weighted by Crippen LogP contribution is 2.48. The van der Waals surface area contributed by atoms with Crippen LogP contribution >= 0.6 is 0 Å². The second kappa shape index (κ2) is 3.65. The normalized spacial score (nSPS) is 22.9. The molecule has 1 saturated carbocycles. The summed E-state index contributed by atoms with van der Waals surface area (Å²) >= 11 is 0.